The molecular weight excluding hydrogens is 252 g/mol. The molecule has 0 spiro atoms. The van der Waals surface area contributed by atoms with Gasteiger partial charge >= 0.3 is 0 Å². The molecule has 3 N–H and O–H groups in total. The van der Waals surface area contributed by atoms with E-state index in [-0.39, 0.29) is 5.91 Å². The van der Waals surface area contributed by atoms with Gasteiger partial charge < -0.3 is 15.8 Å². The van der Waals surface area contributed by atoms with Crippen LogP contribution in [0, 0.1) is 6.92 Å². The van der Waals surface area contributed by atoms with Crippen molar-refractivity contribution >= 4 is 11.6 Å². The Labute approximate surface area is 118 Å². The molecule has 0 bridgehead atoms. The number of amides is 1. The average molecular weight is 270 g/mol. The van der Waals surface area contributed by atoms with Crippen molar-refractivity contribution in [3.8, 4) is 5.75 Å². The van der Waals surface area contributed by atoms with Crippen LogP contribution in [0.15, 0.2) is 42.5 Å². The van der Waals surface area contributed by atoms with Gasteiger partial charge in [-0.3, -0.25) is 4.79 Å². The molecule has 0 atom stereocenters. The van der Waals surface area contributed by atoms with E-state index in [1.807, 2.05) is 43.3 Å². The van der Waals surface area contributed by atoms with Crippen LogP contribution in [0.2, 0.25) is 0 Å². The number of methoxy groups -OCH3 is 1. The topological polar surface area (TPSA) is 64.3 Å². The molecule has 2 rings (SSSR count). The quantitative estimate of drug-likeness (QED) is 0.839. The van der Waals surface area contributed by atoms with Crippen molar-refractivity contribution in [3.63, 3.8) is 0 Å². The summed E-state index contributed by atoms with van der Waals surface area (Å²) in [5.41, 5.74) is 8.77. The molecule has 0 fully saturated rings. The van der Waals surface area contributed by atoms with Crippen molar-refractivity contribution in [1.82, 2.24) is 5.32 Å². The fraction of sp³-hybridized carbons (Fsp3) is 0.188. The molecule has 20 heavy (non-hydrogen) atoms. The van der Waals surface area contributed by atoms with Gasteiger partial charge in [-0.2, -0.15) is 0 Å². The highest BCUT2D eigenvalue weighted by Gasteiger charge is 2.11. The SMILES string of the molecule is COc1ccccc1CNC(=O)c1cccc(C)c1N. The minimum absolute atomic E-state index is 0.183. The maximum atomic E-state index is 12.2. The van der Waals surface area contributed by atoms with E-state index in [2.05, 4.69) is 5.32 Å². The van der Waals surface area contributed by atoms with Gasteiger partial charge in [-0.05, 0) is 24.6 Å². The van der Waals surface area contributed by atoms with Crippen LogP contribution in [0.4, 0.5) is 5.69 Å². The van der Waals surface area contributed by atoms with Gasteiger partial charge in [0.15, 0.2) is 0 Å². The van der Waals surface area contributed by atoms with Crippen molar-refractivity contribution in [2.75, 3.05) is 12.8 Å². The van der Waals surface area contributed by atoms with Gasteiger partial charge in [-0.25, -0.2) is 0 Å². The Morgan fingerprint density at radius 2 is 1.95 bits per heavy atom. The highest BCUT2D eigenvalue weighted by molar-refractivity contribution is 5.99. The number of rotatable bonds is 4. The second-order valence-electron chi connectivity index (χ2n) is 4.53. The van der Waals surface area contributed by atoms with Crippen LogP contribution in [0.5, 0.6) is 5.75 Å². The summed E-state index contributed by atoms with van der Waals surface area (Å²) in [4.78, 5) is 12.2. The number of nitrogens with two attached hydrogens (primary N) is 1. The number of nitrogen functional groups attached to an aromatic ring is 1. The molecule has 0 aliphatic carbocycles. The zero-order valence-corrected chi connectivity index (χ0v) is 11.6. The molecular formula is C16H18N2O2. The first kappa shape index (κ1) is 13.9. The van der Waals surface area contributed by atoms with Crippen LogP contribution < -0.4 is 15.8 Å². The molecule has 0 aliphatic rings. The van der Waals surface area contributed by atoms with E-state index >= 15 is 0 Å². The lowest BCUT2D eigenvalue weighted by molar-refractivity contribution is 0.0951. The standard InChI is InChI=1S/C16H18N2O2/c1-11-6-5-8-13(15(11)17)16(19)18-10-12-7-3-4-9-14(12)20-2/h3-9H,10,17H2,1-2H3,(H,18,19). The van der Waals surface area contributed by atoms with Crippen LogP contribution in [0.25, 0.3) is 0 Å². The Morgan fingerprint density at radius 1 is 1.20 bits per heavy atom. The third-order valence-corrected chi connectivity index (χ3v) is 3.20. The number of carbonyl (C=O) groups excluding carboxylic acids is 1. The van der Waals surface area contributed by atoms with E-state index in [4.69, 9.17) is 10.5 Å². The summed E-state index contributed by atoms with van der Waals surface area (Å²) >= 11 is 0. The molecule has 0 saturated carbocycles. The predicted octanol–water partition coefficient (Wildman–Crippen LogP) is 2.52. The Kier molecular flexibility index (Phi) is 4.25. The number of aryl methyl sites for hydroxylation is 1. The average Bonchev–Trinajstić information content (AvgIpc) is 2.48. The van der Waals surface area contributed by atoms with Gasteiger partial charge in [0, 0.05) is 17.8 Å². The van der Waals surface area contributed by atoms with Crippen LogP contribution >= 0.6 is 0 Å². The van der Waals surface area contributed by atoms with Gasteiger partial charge in [-0.15, -0.1) is 0 Å². The third kappa shape index (κ3) is 2.91. The molecule has 0 unspecified atom stereocenters. The lowest BCUT2D eigenvalue weighted by Crippen LogP contribution is -2.24. The van der Waals surface area contributed by atoms with Crippen LogP contribution in [0.1, 0.15) is 21.5 Å². The largest absolute Gasteiger partial charge is 0.496 e. The fourth-order valence-electron chi connectivity index (χ4n) is 2.00. The van der Waals surface area contributed by atoms with Crippen LogP contribution in [0.3, 0.4) is 0 Å². The highest BCUT2D eigenvalue weighted by atomic mass is 16.5. The van der Waals surface area contributed by atoms with Crippen LogP contribution in [-0.2, 0) is 6.54 Å². The van der Waals surface area contributed by atoms with Crippen molar-refractivity contribution in [2.24, 2.45) is 0 Å². The number of anilines is 1. The fourth-order valence-corrected chi connectivity index (χ4v) is 2.00. The summed E-state index contributed by atoms with van der Waals surface area (Å²) in [6, 6.07) is 13.0. The van der Waals surface area contributed by atoms with E-state index in [0.717, 1.165) is 16.9 Å². The Bertz CT molecular complexity index is 624. The van der Waals surface area contributed by atoms with Crippen molar-refractivity contribution < 1.29 is 9.53 Å². The summed E-state index contributed by atoms with van der Waals surface area (Å²) in [6.45, 7) is 2.28. The van der Waals surface area contributed by atoms with E-state index < -0.39 is 0 Å². The molecule has 4 heteroatoms. The zero-order valence-electron chi connectivity index (χ0n) is 11.6. The van der Waals surface area contributed by atoms with Crippen molar-refractivity contribution in [3.05, 3.63) is 59.2 Å². The Balaban J connectivity index is 2.11. The summed E-state index contributed by atoms with van der Waals surface area (Å²) in [5.74, 6) is 0.571. The van der Waals surface area contributed by atoms with E-state index in [0.29, 0.717) is 17.8 Å². The lowest BCUT2D eigenvalue weighted by atomic mass is 10.1. The van der Waals surface area contributed by atoms with Crippen molar-refractivity contribution in [1.29, 1.82) is 0 Å². The number of hydrogen-bond acceptors (Lipinski definition) is 3. The number of hydrogen-bond donors (Lipinski definition) is 2. The summed E-state index contributed by atoms with van der Waals surface area (Å²) in [6.07, 6.45) is 0. The zero-order chi connectivity index (χ0) is 14.5. The molecule has 0 saturated heterocycles. The van der Waals surface area contributed by atoms with Gasteiger partial charge in [0.1, 0.15) is 5.75 Å². The molecule has 2 aromatic rings. The summed E-state index contributed by atoms with van der Waals surface area (Å²) in [5, 5.41) is 2.86. The second-order valence-corrected chi connectivity index (χ2v) is 4.53. The molecule has 0 aliphatic heterocycles. The van der Waals surface area contributed by atoms with Gasteiger partial charge in [-0.1, -0.05) is 30.3 Å². The first-order chi connectivity index (χ1) is 9.63. The molecule has 2 aromatic carbocycles. The summed E-state index contributed by atoms with van der Waals surface area (Å²) in [7, 11) is 1.61. The predicted molar refractivity (Wildman–Crippen MR) is 79.8 cm³/mol. The van der Waals surface area contributed by atoms with Gasteiger partial charge in [0.25, 0.3) is 5.91 Å². The molecule has 0 heterocycles. The number of para-hydroxylation sites is 2. The minimum Gasteiger partial charge on any atom is -0.496 e. The molecule has 104 valence electrons. The second kappa shape index (κ2) is 6.10. The lowest BCUT2D eigenvalue weighted by Gasteiger charge is -2.11. The number of nitrogens with one attached hydrogen (secondary N) is 1. The Hall–Kier alpha value is -2.49. The van der Waals surface area contributed by atoms with Crippen molar-refractivity contribution in [2.45, 2.75) is 13.5 Å². The molecule has 0 radical (unpaired) electrons. The van der Waals surface area contributed by atoms with Crippen LogP contribution in [-0.4, -0.2) is 13.0 Å². The van der Waals surface area contributed by atoms with Gasteiger partial charge in [0.2, 0.25) is 0 Å². The number of ether oxygens (including phenoxy) is 1. The smallest absolute Gasteiger partial charge is 0.253 e. The molecule has 4 nitrogen and oxygen atoms in total. The molecule has 1 amide bonds. The maximum absolute atomic E-state index is 12.2. The van der Waals surface area contributed by atoms with Gasteiger partial charge in [0.05, 0.1) is 12.7 Å². The van der Waals surface area contributed by atoms with E-state index in [1.54, 1.807) is 13.2 Å². The normalized spacial score (nSPS) is 10.1. The highest BCUT2D eigenvalue weighted by Crippen LogP contribution is 2.19. The molecule has 0 aromatic heterocycles. The monoisotopic (exact) mass is 270 g/mol. The first-order valence-corrected chi connectivity index (χ1v) is 6.38. The maximum Gasteiger partial charge on any atom is 0.253 e. The van der Waals surface area contributed by atoms with E-state index in [1.165, 1.54) is 0 Å². The van der Waals surface area contributed by atoms with E-state index in [9.17, 15) is 4.79 Å². The first-order valence-electron chi connectivity index (χ1n) is 6.38. The third-order valence-electron chi connectivity index (χ3n) is 3.20. The number of carbonyl (C=O) groups is 1. The Morgan fingerprint density at radius 3 is 2.70 bits per heavy atom. The number of benzene rings is 2. The minimum atomic E-state index is -0.183. The summed E-state index contributed by atoms with van der Waals surface area (Å²) < 4.78 is 5.25.